The fourth-order valence-electron chi connectivity index (χ4n) is 2.23. The van der Waals surface area contributed by atoms with Gasteiger partial charge < -0.3 is 20.1 Å². The molecule has 0 spiro atoms. The third-order valence-corrected chi connectivity index (χ3v) is 3.48. The number of halogens is 1. The van der Waals surface area contributed by atoms with Gasteiger partial charge in [-0.05, 0) is 31.4 Å². The molecule has 1 aromatic carbocycles. The van der Waals surface area contributed by atoms with Crippen molar-refractivity contribution < 1.29 is 9.47 Å². The molecule has 1 rings (SSSR count). The van der Waals surface area contributed by atoms with Crippen LogP contribution in [0.5, 0.6) is 5.75 Å². The number of ether oxygens (including phenoxy) is 2. The van der Waals surface area contributed by atoms with Gasteiger partial charge in [-0.3, -0.25) is 4.99 Å². The van der Waals surface area contributed by atoms with E-state index in [4.69, 9.17) is 9.47 Å². The van der Waals surface area contributed by atoms with Crippen molar-refractivity contribution in [1.82, 2.24) is 10.6 Å². The van der Waals surface area contributed by atoms with Gasteiger partial charge in [0.15, 0.2) is 5.96 Å². The first-order valence-corrected chi connectivity index (χ1v) is 8.41. The number of benzene rings is 1. The number of nitrogens with one attached hydrogen (secondary N) is 2. The molecule has 1 unspecified atom stereocenters. The molecule has 0 aliphatic heterocycles. The van der Waals surface area contributed by atoms with E-state index in [1.54, 1.807) is 7.05 Å². The van der Waals surface area contributed by atoms with Crippen molar-refractivity contribution in [1.29, 1.82) is 0 Å². The number of rotatable bonds is 10. The van der Waals surface area contributed by atoms with Gasteiger partial charge in [-0.15, -0.1) is 24.0 Å². The Kier molecular flexibility index (Phi) is 13.7. The van der Waals surface area contributed by atoms with Crippen LogP contribution < -0.4 is 15.4 Å². The standard InChI is InChI=1S/C18H31N3O2.HI/c1-5-22-17(15(2)3)11-12-20-18(19-4)21-13-14-23-16-9-7-6-8-10-16;/h6-10,15,17H,5,11-14H2,1-4H3,(H2,19,20,21);1H. The van der Waals surface area contributed by atoms with E-state index in [2.05, 4.69) is 29.5 Å². The monoisotopic (exact) mass is 449 g/mol. The molecule has 0 amide bonds. The first-order valence-electron chi connectivity index (χ1n) is 8.41. The van der Waals surface area contributed by atoms with Gasteiger partial charge in [0, 0.05) is 20.2 Å². The number of guanidine groups is 1. The van der Waals surface area contributed by atoms with Gasteiger partial charge in [-0.25, -0.2) is 0 Å². The molecule has 1 atom stereocenters. The Hall–Kier alpha value is -1.02. The third kappa shape index (κ3) is 9.97. The molecule has 0 heterocycles. The van der Waals surface area contributed by atoms with Crippen LogP contribution in [0.1, 0.15) is 27.2 Å². The average Bonchev–Trinajstić information content (AvgIpc) is 2.56. The van der Waals surface area contributed by atoms with Crippen molar-refractivity contribution in [3.63, 3.8) is 0 Å². The maximum Gasteiger partial charge on any atom is 0.191 e. The highest BCUT2D eigenvalue weighted by atomic mass is 127. The summed E-state index contributed by atoms with van der Waals surface area (Å²) in [5, 5.41) is 6.56. The Morgan fingerprint density at radius 3 is 2.38 bits per heavy atom. The minimum absolute atomic E-state index is 0. The molecule has 5 nitrogen and oxygen atoms in total. The lowest BCUT2D eigenvalue weighted by molar-refractivity contribution is 0.0258. The lowest BCUT2D eigenvalue weighted by Crippen LogP contribution is -2.40. The summed E-state index contributed by atoms with van der Waals surface area (Å²) in [5.41, 5.74) is 0. The van der Waals surface area contributed by atoms with Gasteiger partial charge in [0.05, 0.1) is 12.6 Å². The molecule has 2 N–H and O–H groups in total. The molecule has 0 fully saturated rings. The Labute approximate surface area is 163 Å². The number of para-hydroxylation sites is 1. The fourth-order valence-corrected chi connectivity index (χ4v) is 2.23. The van der Waals surface area contributed by atoms with Crippen LogP contribution in [0.4, 0.5) is 0 Å². The fraction of sp³-hybridized carbons (Fsp3) is 0.611. The molecule has 0 radical (unpaired) electrons. The highest BCUT2D eigenvalue weighted by molar-refractivity contribution is 14.0. The largest absolute Gasteiger partial charge is 0.492 e. The Balaban J connectivity index is 0.00000529. The predicted octanol–water partition coefficient (Wildman–Crippen LogP) is 3.30. The number of hydrogen-bond acceptors (Lipinski definition) is 3. The molecule has 0 aliphatic carbocycles. The number of hydrogen-bond donors (Lipinski definition) is 2. The van der Waals surface area contributed by atoms with Crippen molar-refractivity contribution in [2.75, 3.05) is 33.4 Å². The summed E-state index contributed by atoms with van der Waals surface area (Å²) in [7, 11) is 1.77. The van der Waals surface area contributed by atoms with Crippen LogP contribution in [0.2, 0.25) is 0 Å². The molecule has 0 saturated carbocycles. The molecule has 1 aromatic rings. The first-order chi connectivity index (χ1) is 11.2. The van der Waals surface area contributed by atoms with Crippen molar-refractivity contribution >= 4 is 29.9 Å². The van der Waals surface area contributed by atoms with Crippen molar-refractivity contribution in [2.45, 2.75) is 33.3 Å². The van der Waals surface area contributed by atoms with Gasteiger partial charge >= 0.3 is 0 Å². The molecule has 24 heavy (non-hydrogen) atoms. The van der Waals surface area contributed by atoms with Crippen molar-refractivity contribution in [2.24, 2.45) is 10.9 Å². The average molecular weight is 449 g/mol. The lowest BCUT2D eigenvalue weighted by Gasteiger charge is -2.21. The van der Waals surface area contributed by atoms with Gasteiger partial charge in [-0.1, -0.05) is 32.0 Å². The van der Waals surface area contributed by atoms with E-state index >= 15 is 0 Å². The zero-order chi connectivity index (χ0) is 16.9. The Morgan fingerprint density at radius 1 is 1.12 bits per heavy atom. The molecule has 0 bridgehead atoms. The minimum Gasteiger partial charge on any atom is -0.492 e. The van der Waals surface area contributed by atoms with Gasteiger partial charge in [0.1, 0.15) is 12.4 Å². The Morgan fingerprint density at radius 2 is 1.79 bits per heavy atom. The molecule has 0 aromatic heterocycles. The molecule has 138 valence electrons. The molecule has 0 aliphatic rings. The summed E-state index contributed by atoms with van der Waals surface area (Å²) < 4.78 is 11.4. The normalized spacial score (nSPS) is 12.5. The molecular formula is C18H32IN3O2. The van der Waals surface area contributed by atoms with Crippen LogP contribution in [0.15, 0.2) is 35.3 Å². The second-order valence-corrected chi connectivity index (χ2v) is 5.61. The van der Waals surface area contributed by atoms with E-state index in [0.29, 0.717) is 19.1 Å². The smallest absolute Gasteiger partial charge is 0.191 e. The van der Waals surface area contributed by atoms with Gasteiger partial charge in [0.2, 0.25) is 0 Å². The minimum atomic E-state index is 0. The van der Waals surface area contributed by atoms with Crippen LogP contribution in [0, 0.1) is 5.92 Å². The summed E-state index contributed by atoms with van der Waals surface area (Å²) in [6.07, 6.45) is 1.25. The highest BCUT2D eigenvalue weighted by Gasteiger charge is 2.12. The van der Waals surface area contributed by atoms with Crippen LogP contribution >= 0.6 is 24.0 Å². The Bertz CT molecular complexity index is 441. The van der Waals surface area contributed by atoms with Gasteiger partial charge in [-0.2, -0.15) is 0 Å². The number of aliphatic imine (C=N–C) groups is 1. The van der Waals surface area contributed by atoms with E-state index in [-0.39, 0.29) is 30.1 Å². The maximum absolute atomic E-state index is 5.75. The topological polar surface area (TPSA) is 54.9 Å². The summed E-state index contributed by atoms with van der Waals surface area (Å²) in [5.74, 6) is 2.19. The van der Waals surface area contributed by atoms with E-state index in [9.17, 15) is 0 Å². The summed E-state index contributed by atoms with van der Waals surface area (Å²) in [6.45, 7) is 9.30. The van der Waals surface area contributed by atoms with E-state index in [0.717, 1.165) is 31.3 Å². The predicted molar refractivity (Wildman–Crippen MR) is 112 cm³/mol. The second-order valence-electron chi connectivity index (χ2n) is 5.61. The molecular weight excluding hydrogens is 417 g/mol. The molecule has 0 saturated heterocycles. The van der Waals surface area contributed by atoms with Crippen molar-refractivity contribution in [3.8, 4) is 5.75 Å². The summed E-state index contributed by atoms with van der Waals surface area (Å²) >= 11 is 0. The van der Waals surface area contributed by atoms with E-state index < -0.39 is 0 Å². The zero-order valence-corrected chi connectivity index (χ0v) is 17.6. The van der Waals surface area contributed by atoms with E-state index in [1.807, 2.05) is 37.3 Å². The first kappa shape index (κ1) is 23.0. The highest BCUT2D eigenvalue weighted by Crippen LogP contribution is 2.10. The maximum atomic E-state index is 5.75. The summed E-state index contributed by atoms with van der Waals surface area (Å²) in [6, 6.07) is 9.81. The van der Waals surface area contributed by atoms with Crippen LogP contribution in [0.3, 0.4) is 0 Å². The quantitative estimate of drug-likeness (QED) is 0.249. The van der Waals surface area contributed by atoms with Crippen LogP contribution in [-0.2, 0) is 4.74 Å². The van der Waals surface area contributed by atoms with Crippen LogP contribution in [-0.4, -0.2) is 45.4 Å². The third-order valence-electron chi connectivity index (χ3n) is 3.48. The zero-order valence-electron chi connectivity index (χ0n) is 15.2. The van der Waals surface area contributed by atoms with E-state index in [1.165, 1.54) is 0 Å². The van der Waals surface area contributed by atoms with Crippen LogP contribution in [0.25, 0.3) is 0 Å². The molecule has 6 heteroatoms. The second kappa shape index (κ2) is 14.3. The number of nitrogens with zero attached hydrogens (tertiary/aromatic N) is 1. The van der Waals surface area contributed by atoms with Crippen molar-refractivity contribution in [3.05, 3.63) is 30.3 Å². The summed E-state index contributed by atoms with van der Waals surface area (Å²) in [4.78, 5) is 4.22. The lowest BCUT2D eigenvalue weighted by atomic mass is 10.0. The SMILES string of the molecule is CCOC(CCNC(=NC)NCCOc1ccccc1)C(C)C.I. The van der Waals surface area contributed by atoms with Gasteiger partial charge in [0.25, 0.3) is 0 Å².